The van der Waals surface area contributed by atoms with E-state index in [-0.39, 0.29) is 17.0 Å². The Hall–Kier alpha value is -0.830. The van der Waals surface area contributed by atoms with Crippen molar-refractivity contribution in [2.45, 2.75) is 39.5 Å². The predicted octanol–water partition coefficient (Wildman–Crippen LogP) is 2.62. The molecular weight excluding hydrogens is 200 g/mol. The zero-order valence-corrected chi connectivity index (χ0v) is 9.67. The Morgan fingerprint density at radius 1 is 1.29 bits per heavy atom. The van der Waals surface area contributed by atoms with Crippen molar-refractivity contribution in [2.24, 2.45) is 0 Å². The lowest BCUT2D eigenvalue weighted by Crippen LogP contribution is -2.35. The van der Waals surface area contributed by atoms with Gasteiger partial charge >= 0.3 is 5.15 Å². The van der Waals surface area contributed by atoms with Crippen LogP contribution in [0.15, 0.2) is 6.20 Å². The molecule has 0 spiro atoms. The molecule has 78 valence electrons. The molecule has 1 heterocycles. The summed E-state index contributed by atoms with van der Waals surface area (Å²) in [6.07, 6.45) is 1.61. The molecule has 0 fully saturated rings. The van der Waals surface area contributed by atoms with Crippen molar-refractivity contribution in [2.75, 3.05) is 0 Å². The minimum atomic E-state index is 0.138. The molecule has 0 aliphatic carbocycles. The van der Waals surface area contributed by atoms with Crippen molar-refractivity contribution in [3.8, 4) is 0 Å². The molecule has 0 unspecified atom stereocenters. The molecule has 0 bridgehead atoms. The average molecular weight is 215 g/mol. The third-order valence-electron chi connectivity index (χ3n) is 2.10. The normalized spacial score (nSPS) is 11.4. The van der Waals surface area contributed by atoms with E-state index in [1.54, 1.807) is 6.20 Å². The lowest BCUT2D eigenvalue weighted by Gasteiger charge is -2.11. The second kappa shape index (κ2) is 4.13. The van der Waals surface area contributed by atoms with Crippen LogP contribution in [0.25, 0.3) is 0 Å². The molecule has 0 radical (unpaired) electrons. The van der Waals surface area contributed by atoms with Crippen LogP contribution in [0.3, 0.4) is 0 Å². The SMILES string of the molecule is CC(C)c1ncc(C(C)C)[n+]([O-])c1Cl. The van der Waals surface area contributed by atoms with E-state index in [0.29, 0.717) is 11.4 Å². The second-order valence-electron chi connectivity index (χ2n) is 3.96. The Balaban J connectivity index is 3.26. The Bertz CT molecular complexity index is 304. The Labute approximate surface area is 89.3 Å². The van der Waals surface area contributed by atoms with Gasteiger partial charge in [-0.1, -0.05) is 27.7 Å². The van der Waals surface area contributed by atoms with E-state index in [0.717, 1.165) is 4.73 Å². The quantitative estimate of drug-likeness (QED) is 0.561. The summed E-state index contributed by atoms with van der Waals surface area (Å²) in [4.78, 5) is 4.21. The van der Waals surface area contributed by atoms with Gasteiger partial charge < -0.3 is 5.21 Å². The van der Waals surface area contributed by atoms with Crippen molar-refractivity contribution in [3.63, 3.8) is 0 Å². The molecule has 3 nitrogen and oxygen atoms in total. The summed E-state index contributed by atoms with van der Waals surface area (Å²) in [5.74, 6) is 0.308. The number of aromatic nitrogens is 2. The molecule has 0 N–H and O–H groups in total. The van der Waals surface area contributed by atoms with Crippen LogP contribution >= 0.6 is 11.6 Å². The van der Waals surface area contributed by atoms with Crippen LogP contribution in [0.1, 0.15) is 50.9 Å². The highest BCUT2D eigenvalue weighted by molar-refractivity contribution is 6.29. The van der Waals surface area contributed by atoms with Crippen LogP contribution in [0.5, 0.6) is 0 Å². The highest BCUT2D eigenvalue weighted by atomic mass is 35.5. The first-order chi connectivity index (χ1) is 6.45. The first-order valence-electron chi connectivity index (χ1n) is 4.73. The lowest BCUT2D eigenvalue weighted by atomic mass is 10.1. The summed E-state index contributed by atoms with van der Waals surface area (Å²) < 4.78 is 0.772. The Morgan fingerprint density at radius 2 is 1.86 bits per heavy atom. The topological polar surface area (TPSA) is 39.8 Å². The first-order valence-corrected chi connectivity index (χ1v) is 5.10. The smallest absolute Gasteiger partial charge is 0.308 e. The maximum absolute atomic E-state index is 11.7. The third-order valence-corrected chi connectivity index (χ3v) is 2.45. The minimum Gasteiger partial charge on any atom is -0.617 e. The molecule has 1 rings (SSSR count). The maximum atomic E-state index is 11.7. The summed E-state index contributed by atoms with van der Waals surface area (Å²) in [7, 11) is 0. The summed E-state index contributed by atoms with van der Waals surface area (Å²) in [6, 6.07) is 0. The molecule has 4 heteroatoms. The van der Waals surface area contributed by atoms with Gasteiger partial charge in [0, 0.05) is 11.8 Å². The number of rotatable bonds is 2. The molecule has 0 aliphatic rings. The average Bonchev–Trinajstić information content (AvgIpc) is 2.08. The van der Waals surface area contributed by atoms with Gasteiger partial charge in [-0.3, -0.25) is 0 Å². The van der Waals surface area contributed by atoms with E-state index < -0.39 is 0 Å². The number of halogens is 1. The monoisotopic (exact) mass is 214 g/mol. The van der Waals surface area contributed by atoms with Gasteiger partial charge in [-0.25, -0.2) is 4.98 Å². The third kappa shape index (κ3) is 1.98. The number of hydrogen-bond acceptors (Lipinski definition) is 2. The van der Waals surface area contributed by atoms with Crippen LogP contribution in [0.4, 0.5) is 0 Å². The maximum Gasteiger partial charge on any atom is 0.308 e. The van der Waals surface area contributed by atoms with Gasteiger partial charge in [-0.2, -0.15) is 4.73 Å². The molecule has 0 aromatic carbocycles. The lowest BCUT2D eigenvalue weighted by molar-refractivity contribution is -0.614. The second-order valence-corrected chi connectivity index (χ2v) is 4.32. The van der Waals surface area contributed by atoms with Gasteiger partial charge in [0.1, 0.15) is 5.69 Å². The summed E-state index contributed by atoms with van der Waals surface area (Å²) in [6.45, 7) is 7.81. The van der Waals surface area contributed by atoms with Crippen molar-refractivity contribution < 1.29 is 4.73 Å². The number of nitrogens with zero attached hydrogens (tertiary/aromatic N) is 2. The van der Waals surface area contributed by atoms with Crippen molar-refractivity contribution in [3.05, 3.63) is 27.9 Å². The van der Waals surface area contributed by atoms with Gasteiger partial charge in [0.15, 0.2) is 0 Å². The van der Waals surface area contributed by atoms with Gasteiger partial charge in [-0.05, 0) is 11.6 Å². The first kappa shape index (κ1) is 11.2. The van der Waals surface area contributed by atoms with E-state index in [1.807, 2.05) is 27.7 Å². The molecule has 1 aromatic rings. The van der Waals surface area contributed by atoms with Gasteiger partial charge in [0.25, 0.3) is 0 Å². The van der Waals surface area contributed by atoms with Crippen molar-refractivity contribution in [1.29, 1.82) is 0 Å². The fourth-order valence-corrected chi connectivity index (χ4v) is 1.59. The molecule has 0 aliphatic heterocycles. The van der Waals surface area contributed by atoms with Gasteiger partial charge in [0.05, 0.1) is 6.20 Å². The zero-order chi connectivity index (χ0) is 10.9. The molecule has 0 saturated heterocycles. The van der Waals surface area contributed by atoms with Crippen LogP contribution in [0.2, 0.25) is 5.15 Å². The fraction of sp³-hybridized carbons (Fsp3) is 0.600. The minimum absolute atomic E-state index is 0.138. The molecule has 0 amide bonds. The van der Waals surface area contributed by atoms with Crippen LogP contribution in [-0.4, -0.2) is 4.98 Å². The molecular formula is C10H15ClN2O. The summed E-state index contributed by atoms with van der Waals surface area (Å²) >= 11 is 5.93. The zero-order valence-electron chi connectivity index (χ0n) is 8.91. The van der Waals surface area contributed by atoms with E-state index in [1.165, 1.54) is 0 Å². The molecule has 14 heavy (non-hydrogen) atoms. The van der Waals surface area contributed by atoms with Crippen molar-refractivity contribution in [1.82, 2.24) is 4.98 Å². The van der Waals surface area contributed by atoms with E-state index in [4.69, 9.17) is 11.6 Å². The van der Waals surface area contributed by atoms with E-state index in [9.17, 15) is 5.21 Å². The van der Waals surface area contributed by atoms with Crippen LogP contribution in [-0.2, 0) is 0 Å². The van der Waals surface area contributed by atoms with Crippen LogP contribution in [0, 0.1) is 5.21 Å². The highest BCUT2D eigenvalue weighted by Gasteiger charge is 2.20. The highest BCUT2D eigenvalue weighted by Crippen LogP contribution is 2.20. The fourth-order valence-electron chi connectivity index (χ4n) is 1.23. The van der Waals surface area contributed by atoms with Crippen LogP contribution < -0.4 is 4.73 Å². The largest absolute Gasteiger partial charge is 0.617 e. The predicted molar refractivity (Wildman–Crippen MR) is 56.4 cm³/mol. The summed E-state index contributed by atoms with van der Waals surface area (Å²) in [5, 5.41) is 11.9. The molecule has 0 saturated carbocycles. The molecule has 0 atom stereocenters. The molecule has 1 aromatic heterocycles. The number of hydrogen-bond donors (Lipinski definition) is 0. The van der Waals surface area contributed by atoms with Gasteiger partial charge in [0.2, 0.25) is 5.69 Å². The van der Waals surface area contributed by atoms with Gasteiger partial charge in [-0.15, -0.1) is 0 Å². The standard InChI is InChI=1S/C10H15ClN2O/c1-6(2)8-5-12-9(7(3)4)10(11)13(8)14/h5-7H,1-4H3. The Kier molecular flexibility index (Phi) is 3.32. The van der Waals surface area contributed by atoms with E-state index >= 15 is 0 Å². The Morgan fingerprint density at radius 3 is 2.29 bits per heavy atom. The summed E-state index contributed by atoms with van der Waals surface area (Å²) in [5.41, 5.74) is 1.27. The van der Waals surface area contributed by atoms with E-state index in [2.05, 4.69) is 4.98 Å². The van der Waals surface area contributed by atoms with Crippen molar-refractivity contribution >= 4 is 11.6 Å².